The standard InChI is InChI=1S/C13H12N4O4/c18-13(19)15-6-10-7-16(14-12(10)8-15)5-9-2-1-3-11(4-9)17(20)21/h1-4,7H,5-6,8H2,(H,18,19). The Kier molecular flexibility index (Phi) is 3.05. The predicted octanol–water partition coefficient (Wildman–Crippen LogP) is 1.83. The number of hydrogen-bond acceptors (Lipinski definition) is 4. The number of rotatable bonds is 3. The number of amides is 1. The monoisotopic (exact) mass is 288 g/mol. The van der Waals surface area contributed by atoms with Gasteiger partial charge in [0.15, 0.2) is 0 Å². The predicted molar refractivity (Wildman–Crippen MR) is 71.7 cm³/mol. The van der Waals surface area contributed by atoms with Crippen LogP contribution in [0.4, 0.5) is 10.5 Å². The molecule has 8 nitrogen and oxygen atoms in total. The van der Waals surface area contributed by atoms with Crippen LogP contribution in [0.25, 0.3) is 0 Å². The molecule has 0 aliphatic carbocycles. The van der Waals surface area contributed by atoms with Crippen LogP contribution in [0.15, 0.2) is 30.5 Å². The minimum absolute atomic E-state index is 0.0456. The summed E-state index contributed by atoms with van der Waals surface area (Å²) in [6, 6.07) is 6.38. The van der Waals surface area contributed by atoms with E-state index in [4.69, 9.17) is 5.11 Å². The molecular formula is C13H12N4O4. The summed E-state index contributed by atoms with van der Waals surface area (Å²) >= 11 is 0. The van der Waals surface area contributed by atoms with Crippen LogP contribution in [-0.4, -0.2) is 30.8 Å². The van der Waals surface area contributed by atoms with Crippen molar-refractivity contribution in [1.29, 1.82) is 0 Å². The molecule has 0 unspecified atom stereocenters. The van der Waals surface area contributed by atoms with Crippen molar-refractivity contribution in [1.82, 2.24) is 14.7 Å². The van der Waals surface area contributed by atoms with Gasteiger partial charge in [-0.15, -0.1) is 0 Å². The lowest BCUT2D eigenvalue weighted by atomic mass is 10.2. The zero-order chi connectivity index (χ0) is 15.0. The van der Waals surface area contributed by atoms with E-state index in [-0.39, 0.29) is 12.2 Å². The highest BCUT2D eigenvalue weighted by molar-refractivity contribution is 5.66. The van der Waals surface area contributed by atoms with Crippen LogP contribution >= 0.6 is 0 Å². The van der Waals surface area contributed by atoms with E-state index >= 15 is 0 Å². The fourth-order valence-electron chi connectivity index (χ4n) is 2.38. The van der Waals surface area contributed by atoms with Gasteiger partial charge in [0, 0.05) is 23.9 Å². The minimum atomic E-state index is -0.960. The van der Waals surface area contributed by atoms with Gasteiger partial charge in [0.25, 0.3) is 5.69 Å². The minimum Gasteiger partial charge on any atom is -0.465 e. The molecule has 0 bridgehead atoms. The van der Waals surface area contributed by atoms with Gasteiger partial charge in [-0.1, -0.05) is 12.1 Å². The molecule has 108 valence electrons. The summed E-state index contributed by atoms with van der Waals surface area (Å²) < 4.78 is 1.68. The molecular weight excluding hydrogens is 276 g/mol. The molecule has 0 atom stereocenters. The van der Waals surface area contributed by atoms with Crippen molar-refractivity contribution < 1.29 is 14.8 Å². The number of hydrogen-bond donors (Lipinski definition) is 1. The largest absolute Gasteiger partial charge is 0.465 e. The number of carboxylic acid groups (broad SMARTS) is 1. The average Bonchev–Trinajstić information content (AvgIpc) is 2.97. The molecule has 0 saturated heterocycles. The van der Waals surface area contributed by atoms with Crippen LogP contribution in [0, 0.1) is 10.1 Å². The molecule has 3 rings (SSSR count). The number of non-ortho nitro benzene ring substituents is 1. The van der Waals surface area contributed by atoms with E-state index in [1.165, 1.54) is 17.0 Å². The van der Waals surface area contributed by atoms with Gasteiger partial charge in [-0.3, -0.25) is 19.7 Å². The van der Waals surface area contributed by atoms with Gasteiger partial charge in [-0.25, -0.2) is 4.79 Å². The fourth-order valence-corrected chi connectivity index (χ4v) is 2.38. The zero-order valence-electron chi connectivity index (χ0n) is 11.0. The van der Waals surface area contributed by atoms with Crippen molar-refractivity contribution in [3.63, 3.8) is 0 Å². The van der Waals surface area contributed by atoms with Gasteiger partial charge in [0.05, 0.1) is 30.3 Å². The van der Waals surface area contributed by atoms with Gasteiger partial charge < -0.3 is 5.11 Å². The van der Waals surface area contributed by atoms with E-state index in [1.54, 1.807) is 23.0 Å². The van der Waals surface area contributed by atoms with E-state index in [2.05, 4.69) is 5.10 Å². The Bertz CT molecular complexity index is 701. The first-order valence-electron chi connectivity index (χ1n) is 6.29. The molecule has 1 aromatic carbocycles. The maximum absolute atomic E-state index is 10.9. The summed E-state index contributed by atoms with van der Waals surface area (Å²) in [4.78, 5) is 22.5. The normalized spacial score (nSPS) is 13.2. The van der Waals surface area contributed by atoms with Gasteiger partial charge in [0.1, 0.15) is 0 Å². The van der Waals surface area contributed by atoms with E-state index in [1.807, 2.05) is 0 Å². The van der Waals surface area contributed by atoms with Crippen LogP contribution in [-0.2, 0) is 19.6 Å². The number of nitrogens with zero attached hydrogens (tertiary/aromatic N) is 4. The molecule has 1 aliphatic heterocycles. The summed E-state index contributed by atoms with van der Waals surface area (Å²) in [6.07, 6.45) is 0.829. The van der Waals surface area contributed by atoms with Crippen molar-refractivity contribution in [3.05, 3.63) is 57.4 Å². The summed E-state index contributed by atoms with van der Waals surface area (Å²) in [7, 11) is 0. The quantitative estimate of drug-likeness (QED) is 0.685. The second kappa shape index (κ2) is 4.89. The second-order valence-corrected chi connectivity index (χ2v) is 4.86. The SMILES string of the molecule is O=C(O)N1Cc2cn(Cc3cccc([N+](=O)[O-])c3)nc2C1. The third-order valence-corrected chi connectivity index (χ3v) is 3.36. The molecule has 1 aliphatic rings. The molecule has 1 amide bonds. The third-order valence-electron chi connectivity index (χ3n) is 3.36. The maximum Gasteiger partial charge on any atom is 0.407 e. The molecule has 0 saturated carbocycles. The van der Waals surface area contributed by atoms with Crippen LogP contribution in [0.2, 0.25) is 0 Å². The number of carbonyl (C=O) groups is 1. The number of nitro groups is 1. The van der Waals surface area contributed by atoms with Crippen LogP contribution in [0.5, 0.6) is 0 Å². The Morgan fingerprint density at radius 2 is 2.24 bits per heavy atom. The highest BCUT2D eigenvalue weighted by Gasteiger charge is 2.25. The van der Waals surface area contributed by atoms with Crippen LogP contribution in [0.1, 0.15) is 16.8 Å². The maximum atomic E-state index is 10.9. The van der Waals surface area contributed by atoms with E-state index in [0.29, 0.717) is 13.1 Å². The van der Waals surface area contributed by atoms with Crippen LogP contribution < -0.4 is 0 Å². The molecule has 1 aromatic heterocycles. The Hall–Kier alpha value is -2.90. The molecule has 0 fully saturated rings. The first-order valence-corrected chi connectivity index (χ1v) is 6.29. The first kappa shape index (κ1) is 13.1. The molecule has 2 aromatic rings. The molecule has 0 radical (unpaired) electrons. The summed E-state index contributed by atoms with van der Waals surface area (Å²) in [5.74, 6) is 0. The molecule has 2 heterocycles. The summed E-state index contributed by atoms with van der Waals surface area (Å²) in [6.45, 7) is 1.04. The van der Waals surface area contributed by atoms with E-state index < -0.39 is 11.0 Å². The van der Waals surface area contributed by atoms with Gasteiger partial charge in [-0.2, -0.15) is 5.10 Å². The highest BCUT2D eigenvalue weighted by atomic mass is 16.6. The van der Waals surface area contributed by atoms with Crippen molar-refractivity contribution in [2.24, 2.45) is 0 Å². The summed E-state index contributed by atoms with van der Waals surface area (Å²) in [5.41, 5.74) is 2.44. The van der Waals surface area contributed by atoms with Crippen LogP contribution in [0.3, 0.4) is 0 Å². The Morgan fingerprint density at radius 3 is 2.90 bits per heavy atom. The van der Waals surface area contributed by atoms with E-state index in [0.717, 1.165) is 16.8 Å². The van der Waals surface area contributed by atoms with Crippen molar-refractivity contribution >= 4 is 11.8 Å². The van der Waals surface area contributed by atoms with Crippen molar-refractivity contribution in [2.75, 3.05) is 0 Å². The Balaban J connectivity index is 1.76. The van der Waals surface area contributed by atoms with Gasteiger partial charge >= 0.3 is 6.09 Å². The lowest BCUT2D eigenvalue weighted by molar-refractivity contribution is -0.384. The number of nitro benzene ring substituents is 1. The Morgan fingerprint density at radius 1 is 1.43 bits per heavy atom. The highest BCUT2D eigenvalue weighted by Crippen LogP contribution is 2.22. The molecule has 1 N–H and O–H groups in total. The molecule has 0 spiro atoms. The van der Waals surface area contributed by atoms with Crippen molar-refractivity contribution in [3.8, 4) is 0 Å². The topological polar surface area (TPSA) is 102 Å². The van der Waals surface area contributed by atoms with Gasteiger partial charge in [0.2, 0.25) is 0 Å². The third kappa shape index (κ3) is 2.55. The van der Waals surface area contributed by atoms with Gasteiger partial charge in [-0.05, 0) is 5.56 Å². The second-order valence-electron chi connectivity index (χ2n) is 4.86. The number of benzene rings is 1. The first-order chi connectivity index (χ1) is 10.0. The average molecular weight is 288 g/mol. The zero-order valence-corrected chi connectivity index (χ0v) is 11.0. The smallest absolute Gasteiger partial charge is 0.407 e. The number of aromatic nitrogens is 2. The lowest BCUT2D eigenvalue weighted by Crippen LogP contribution is -2.23. The fraction of sp³-hybridized carbons (Fsp3) is 0.231. The van der Waals surface area contributed by atoms with E-state index in [9.17, 15) is 14.9 Å². The van der Waals surface area contributed by atoms with Crippen molar-refractivity contribution in [2.45, 2.75) is 19.6 Å². The summed E-state index contributed by atoms with van der Waals surface area (Å²) in [5, 5.41) is 24.0. The Labute approximate surface area is 119 Å². The molecule has 21 heavy (non-hydrogen) atoms. The molecule has 8 heteroatoms. The lowest BCUT2D eigenvalue weighted by Gasteiger charge is -2.10. The number of fused-ring (bicyclic) bond motifs is 1.